The van der Waals surface area contributed by atoms with Gasteiger partial charge in [0.25, 0.3) is 0 Å². The Morgan fingerprint density at radius 3 is 2.35 bits per heavy atom. The van der Waals surface area contributed by atoms with Crippen LogP contribution in [0.5, 0.6) is 5.75 Å². The summed E-state index contributed by atoms with van der Waals surface area (Å²) in [5.74, 6) is 1.31. The Hall–Kier alpha value is -2.91. The van der Waals surface area contributed by atoms with Gasteiger partial charge < -0.3 is 14.4 Å². The lowest BCUT2D eigenvalue weighted by molar-refractivity contribution is -0.112. The zero-order chi connectivity index (χ0) is 21.1. The second-order valence-electron chi connectivity index (χ2n) is 8.80. The first-order valence-corrected chi connectivity index (χ1v) is 11.3. The van der Waals surface area contributed by atoms with Crippen molar-refractivity contribution in [2.45, 2.75) is 24.7 Å². The topological polar surface area (TPSA) is 29.5 Å². The van der Waals surface area contributed by atoms with Crippen LogP contribution >= 0.6 is 0 Å². The SMILES string of the molecule is O=CC(c1ccccc1)(c1ccccc1)C1CCN(CCc2ccc3c(c2)CCO3)C1. The molecule has 0 saturated carbocycles. The third-order valence-electron chi connectivity index (χ3n) is 7.08. The highest BCUT2D eigenvalue weighted by Gasteiger charge is 2.44. The number of fused-ring (bicyclic) bond motifs is 1. The first-order valence-electron chi connectivity index (χ1n) is 11.3. The van der Waals surface area contributed by atoms with Crippen LogP contribution in [0.25, 0.3) is 0 Å². The van der Waals surface area contributed by atoms with Crippen LogP contribution in [-0.4, -0.2) is 37.4 Å². The van der Waals surface area contributed by atoms with Gasteiger partial charge in [-0.15, -0.1) is 0 Å². The first-order chi connectivity index (χ1) is 15.3. The summed E-state index contributed by atoms with van der Waals surface area (Å²) in [6.45, 7) is 3.80. The summed E-state index contributed by atoms with van der Waals surface area (Å²) < 4.78 is 5.64. The molecule has 0 aromatic heterocycles. The fraction of sp³-hybridized carbons (Fsp3) is 0.321. The van der Waals surface area contributed by atoms with Crippen LogP contribution in [0.15, 0.2) is 78.9 Å². The molecule has 0 aliphatic carbocycles. The van der Waals surface area contributed by atoms with Gasteiger partial charge in [-0.05, 0) is 53.6 Å². The average Bonchev–Trinajstić information content (AvgIpc) is 3.50. The summed E-state index contributed by atoms with van der Waals surface area (Å²) in [6.07, 6.45) is 4.28. The Kier molecular flexibility index (Phi) is 5.61. The molecule has 158 valence electrons. The van der Waals surface area contributed by atoms with Gasteiger partial charge in [-0.3, -0.25) is 0 Å². The monoisotopic (exact) mass is 411 g/mol. The number of likely N-dealkylation sites (tertiary alicyclic amines) is 1. The quantitative estimate of drug-likeness (QED) is 0.529. The predicted octanol–water partition coefficient (Wildman–Crippen LogP) is 4.67. The predicted molar refractivity (Wildman–Crippen MR) is 124 cm³/mol. The average molecular weight is 412 g/mol. The van der Waals surface area contributed by atoms with Crippen molar-refractivity contribution in [1.29, 1.82) is 0 Å². The maximum atomic E-state index is 12.8. The molecule has 1 atom stereocenters. The standard InChI is InChI=1S/C28H29NO2/c30-21-28(24-7-3-1-4-8-24,25-9-5-2-6-10-25)26-14-17-29(20-26)16-13-22-11-12-27-23(19-22)15-18-31-27/h1-12,19,21,26H,13-18,20H2. The summed E-state index contributed by atoms with van der Waals surface area (Å²) in [6, 6.07) is 27.3. The van der Waals surface area contributed by atoms with Crippen LogP contribution in [0.1, 0.15) is 28.7 Å². The zero-order valence-corrected chi connectivity index (χ0v) is 17.9. The van der Waals surface area contributed by atoms with Gasteiger partial charge in [-0.2, -0.15) is 0 Å². The molecule has 0 N–H and O–H groups in total. The highest BCUT2D eigenvalue weighted by atomic mass is 16.5. The van der Waals surface area contributed by atoms with Gasteiger partial charge in [-0.1, -0.05) is 72.8 Å². The maximum Gasteiger partial charge on any atom is 0.135 e. The summed E-state index contributed by atoms with van der Waals surface area (Å²) in [5.41, 5.74) is 4.32. The van der Waals surface area contributed by atoms with Gasteiger partial charge in [-0.25, -0.2) is 0 Å². The number of hydrogen-bond acceptors (Lipinski definition) is 3. The van der Waals surface area contributed by atoms with Gasteiger partial charge >= 0.3 is 0 Å². The molecular formula is C28H29NO2. The van der Waals surface area contributed by atoms with Crippen molar-refractivity contribution in [2.24, 2.45) is 5.92 Å². The molecular weight excluding hydrogens is 382 g/mol. The number of aldehydes is 1. The minimum absolute atomic E-state index is 0.267. The van der Waals surface area contributed by atoms with Gasteiger partial charge in [0.1, 0.15) is 12.0 Å². The van der Waals surface area contributed by atoms with Crippen LogP contribution in [0, 0.1) is 5.92 Å². The molecule has 3 aromatic rings. The molecule has 0 radical (unpaired) electrons. The molecule has 5 rings (SSSR count). The van der Waals surface area contributed by atoms with Crippen LogP contribution in [0.4, 0.5) is 0 Å². The van der Waals surface area contributed by atoms with Crippen LogP contribution in [0.3, 0.4) is 0 Å². The maximum absolute atomic E-state index is 12.8. The number of hydrogen-bond donors (Lipinski definition) is 0. The molecule has 3 nitrogen and oxygen atoms in total. The van der Waals surface area contributed by atoms with Crippen molar-refractivity contribution in [3.8, 4) is 5.75 Å². The van der Waals surface area contributed by atoms with E-state index in [-0.39, 0.29) is 5.92 Å². The number of rotatable bonds is 7. The number of ether oxygens (including phenoxy) is 1. The number of nitrogens with zero attached hydrogens (tertiary/aromatic N) is 1. The van der Waals surface area contributed by atoms with Gasteiger partial charge in [0.15, 0.2) is 0 Å². The minimum Gasteiger partial charge on any atom is -0.493 e. The van der Waals surface area contributed by atoms with E-state index < -0.39 is 5.41 Å². The Bertz CT molecular complexity index is 992. The molecule has 3 heteroatoms. The van der Waals surface area contributed by atoms with E-state index in [0.717, 1.165) is 62.4 Å². The molecule has 2 aliphatic rings. The van der Waals surface area contributed by atoms with E-state index in [4.69, 9.17) is 4.74 Å². The van der Waals surface area contributed by atoms with Gasteiger partial charge in [0.2, 0.25) is 0 Å². The molecule has 1 unspecified atom stereocenters. The van der Waals surface area contributed by atoms with Crippen molar-refractivity contribution in [1.82, 2.24) is 4.90 Å². The first kappa shape index (κ1) is 20.0. The normalized spacial score (nSPS) is 18.5. The van der Waals surface area contributed by atoms with Crippen molar-refractivity contribution in [3.05, 3.63) is 101 Å². The van der Waals surface area contributed by atoms with E-state index >= 15 is 0 Å². The molecule has 31 heavy (non-hydrogen) atoms. The molecule has 2 aliphatic heterocycles. The molecule has 1 fully saturated rings. The van der Waals surface area contributed by atoms with E-state index in [1.165, 1.54) is 17.4 Å². The summed E-state index contributed by atoms with van der Waals surface area (Å²) in [4.78, 5) is 15.3. The van der Waals surface area contributed by atoms with E-state index in [9.17, 15) is 4.79 Å². The van der Waals surface area contributed by atoms with Gasteiger partial charge in [0.05, 0.1) is 12.0 Å². The van der Waals surface area contributed by atoms with Crippen molar-refractivity contribution < 1.29 is 9.53 Å². The summed E-state index contributed by atoms with van der Waals surface area (Å²) >= 11 is 0. The second kappa shape index (κ2) is 8.68. The van der Waals surface area contributed by atoms with Crippen LogP contribution in [0.2, 0.25) is 0 Å². The molecule has 3 aromatic carbocycles. The lowest BCUT2D eigenvalue weighted by atomic mass is 9.66. The second-order valence-corrected chi connectivity index (χ2v) is 8.80. The smallest absolute Gasteiger partial charge is 0.135 e. The number of carbonyl (C=O) groups excluding carboxylic acids is 1. The zero-order valence-electron chi connectivity index (χ0n) is 17.9. The lowest BCUT2D eigenvalue weighted by Crippen LogP contribution is -2.40. The number of benzene rings is 3. The Balaban J connectivity index is 1.35. The molecule has 0 amide bonds. The van der Waals surface area contributed by atoms with Crippen molar-refractivity contribution in [2.75, 3.05) is 26.2 Å². The van der Waals surface area contributed by atoms with Crippen molar-refractivity contribution >= 4 is 6.29 Å². The third-order valence-corrected chi connectivity index (χ3v) is 7.08. The summed E-state index contributed by atoms with van der Waals surface area (Å²) in [5, 5.41) is 0. The fourth-order valence-electron chi connectivity index (χ4n) is 5.39. The molecule has 0 bridgehead atoms. The largest absolute Gasteiger partial charge is 0.493 e. The van der Waals surface area contributed by atoms with E-state index in [1.54, 1.807) is 0 Å². The Morgan fingerprint density at radius 1 is 0.968 bits per heavy atom. The summed E-state index contributed by atoms with van der Waals surface area (Å²) in [7, 11) is 0. The Labute approximate surface area is 184 Å². The van der Waals surface area contributed by atoms with Crippen LogP contribution < -0.4 is 4.74 Å². The Morgan fingerprint density at radius 2 is 1.68 bits per heavy atom. The third kappa shape index (κ3) is 3.79. The fourth-order valence-corrected chi connectivity index (χ4v) is 5.39. The highest BCUT2D eigenvalue weighted by Crippen LogP contribution is 2.42. The van der Waals surface area contributed by atoms with E-state index in [1.807, 2.05) is 36.4 Å². The van der Waals surface area contributed by atoms with Crippen molar-refractivity contribution in [3.63, 3.8) is 0 Å². The molecule has 1 saturated heterocycles. The minimum atomic E-state index is -0.595. The lowest BCUT2D eigenvalue weighted by Gasteiger charge is -2.35. The molecule has 0 spiro atoms. The number of carbonyl (C=O) groups is 1. The highest BCUT2D eigenvalue weighted by molar-refractivity contribution is 5.76. The van der Waals surface area contributed by atoms with E-state index in [2.05, 4.69) is 47.4 Å². The van der Waals surface area contributed by atoms with E-state index in [0.29, 0.717) is 0 Å². The van der Waals surface area contributed by atoms with Gasteiger partial charge in [0, 0.05) is 19.5 Å². The molecule has 2 heterocycles. The van der Waals surface area contributed by atoms with Crippen LogP contribution in [-0.2, 0) is 23.1 Å².